The smallest absolute Gasteiger partial charge is 0.409 e. The van der Waals surface area contributed by atoms with Gasteiger partial charge in [0, 0.05) is 23.6 Å². The normalized spacial score (nSPS) is 18.3. The van der Waals surface area contributed by atoms with E-state index in [1.165, 1.54) is 23.7 Å². The van der Waals surface area contributed by atoms with Gasteiger partial charge in [0.15, 0.2) is 0 Å². The van der Waals surface area contributed by atoms with Crippen LogP contribution < -0.4 is 5.32 Å². The van der Waals surface area contributed by atoms with Crippen LogP contribution in [0.4, 0.5) is 9.80 Å². The number of rotatable bonds is 6. The number of furan rings is 1. The molecule has 8 nitrogen and oxygen atoms in total. The number of thiophene rings is 1. The number of methoxy groups -OCH3 is 1. The highest BCUT2D eigenvalue weighted by molar-refractivity contribution is 7.16. The summed E-state index contributed by atoms with van der Waals surface area (Å²) in [5, 5.41) is 13.0. The fourth-order valence-electron chi connectivity index (χ4n) is 3.71. The molecule has 1 aliphatic carbocycles. The van der Waals surface area contributed by atoms with E-state index in [4.69, 9.17) is 13.9 Å². The molecule has 1 aliphatic heterocycles. The van der Waals surface area contributed by atoms with Crippen LogP contribution in [0.2, 0.25) is 0 Å². The molecule has 2 aliphatic rings. The maximum Gasteiger partial charge on any atom is 0.409 e. The van der Waals surface area contributed by atoms with Crippen molar-refractivity contribution in [2.24, 2.45) is 5.92 Å². The number of nitriles is 1. The Bertz CT molecular complexity index is 1010. The second-order valence-electron chi connectivity index (χ2n) is 7.65. The minimum absolute atomic E-state index is 0.100. The van der Waals surface area contributed by atoms with Crippen molar-refractivity contribution >= 4 is 34.4 Å². The fourth-order valence-corrected chi connectivity index (χ4v) is 5.03. The second-order valence-corrected chi connectivity index (χ2v) is 8.75. The van der Waals surface area contributed by atoms with Crippen molar-refractivity contribution in [2.45, 2.75) is 25.4 Å². The van der Waals surface area contributed by atoms with Crippen molar-refractivity contribution < 1.29 is 23.5 Å². The summed E-state index contributed by atoms with van der Waals surface area (Å²) < 4.78 is 15.6. The standard InChI is InChI=1S/C22H23N3O5S/c1-28-16-10-25(11-16)22(27)30-13-15-2-4-17-18(9-23)21(31-19(17)8-15)24-20(26)5-3-14-6-7-29-12-14/h3,5-7,12,15-16H,2,4,8,10-11,13H2,1H3,(H,24,26). The molecule has 2 amide bonds. The Hall–Kier alpha value is -3.09. The lowest BCUT2D eigenvalue weighted by molar-refractivity contribution is -0.111. The first-order valence-corrected chi connectivity index (χ1v) is 10.9. The Labute approximate surface area is 184 Å². The summed E-state index contributed by atoms with van der Waals surface area (Å²) in [6.07, 6.45) is 8.22. The van der Waals surface area contributed by atoms with E-state index in [9.17, 15) is 14.9 Å². The average Bonchev–Trinajstić information content (AvgIpc) is 3.36. The summed E-state index contributed by atoms with van der Waals surface area (Å²) in [6.45, 7) is 1.48. The Morgan fingerprint density at radius 2 is 2.29 bits per heavy atom. The van der Waals surface area contributed by atoms with Gasteiger partial charge in [0.05, 0.1) is 43.9 Å². The number of likely N-dealkylation sites (tertiary alicyclic amines) is 1. The summed E-state index contributed by atoms with van der Waals surface area (Å²) in [7, 11) is 1.63. The van der Waals surface area contributed by atoms with Gasteiger partial charge < -0.3 is 24.1 Å². The summed E-state index contributed by atoms with van der Waals surface area (Å²) >= 11 is 1.43. The molecule has 9 heteroatoms. The molecule has 2 aromatic rings. The minimum atomic E-state index is -0.305. The molecule has 0 spiro atoms. The molecule has 1 fully saturated rings. The van der Waals surface area contributed by atoms with Gasteiger partial charge in [-0.1, -0.05) is 0 Å². The second kappa shape index (κ2) is 9.37. The van der Waals surface area contributed by atoms with Crippen molar-refractivity contribution in [3.63, 3.8) is 0 Å². The molecular weight excluding hydrogens is 418 g/mol. The summed E-state index contributed by atoms with van der Waals surface area (Å²) in [6, 6.07) is 3.99. The molecule has 0 saturated carbocycles. The van der Waals surface area contributed by atoms with Crippen molar-refractivity contribution in [1.82, 2.24) is 4.90 Å². The van der Waals surface area contributed by atoms with Gasteiger partial charge in [0.1, 0.15) is 11.1 Å². The Morgan fingerprint density at radius 1 is 1.45 bits per heavy atom. The van der Waals surface area contributed by atoms with E-state index >= 15 is 0 Å². The van der Waals surface area contributed by atoms with E-state index in [2.05, 4.69) is 11.4 Å². The van der Waals surface area contributed by atoms with Crippen molar-refractivity contribution in [1.29, 1.82) is 5.26 Å². The topological polar surface area (TPSA) is 105 Å². The van der Waals surface area contributed by atoms with E-state index in [1.807, 2.05) is 0 Å². The zero-order valence-corrected chi connectivity index (χ0v) is 17.9. The number of carbonyl (C=O) groups excluding carboxylic acids is 2. The molecule has 162 valence electrons. The first-order valence-electron chi connectivity index (χ1n) is 10.1. The van der Waals surface area contributed by atoms with Gasteiger partial charge in [-0.15, -0.1) is 11.3 Å². The first kappa shape index (κ1) is 21.2. The van der Waals surface area contributed by atoms with Gasteiger partial charge >= 0.3 is 6.09 Å². The molecule has 1 unspecified atom stereocenters. The lowest BCUT2D eigenvalue weighted by atomic mass is 9.88. The van der Waals surface area contributed by atoms with E-state index in [1.54, 1.807) is 30.4 Å². The number of ether oxygens (including phenoxy) is 2. The van der Waals surface area contributed by atoms with Gasteiger partial charge in [0.25, 0.3) is 0 Å². The molecule has 0 aromatic carbocycles. The van der Waals surface area contributed by atoms with Crippen LogP contribution >= 0.6 is 11.3 Å². The van der Waals surface area contributed by atoms with E-state index in [0.29, 0.717) is 30.3 Å². The molecule has 1 N–H and O–H groups in total. The average molecular weight is 442 g/mol. The molecule has 4 rings (SSSR count). The van der Waals surface area contributed by atoms with E-state index in [0.717, 1.165) is 35.3 Å². The van der Waals surface area contributed by atoms with Gasteiger partial charge in [0.2, 0.25) is 5.91 Å². The SMILES string of the molecule is COC1CN(C(=O)OCC2CCc3c(sc(NC(=O)C=Cc4ccoc4)c3C#N)C2)C1. The van der Waals surface area contributed by atoms with Crippen LogP contribution in [0.5, 0.6) is 0 Å². The van der Waals surface area contributed by atoms with Crippen molar-refractivity contribution in [3.05, 3.63) is 46.2 Å². The van der Waals surface area contributed by atoms with E-state index < -0.39 is 0 Å². The maximum atomic E-state index is 12.3. The van der Waals surface area contributed by atoms with Crippen molar-refractivity contribution in [3.8, 4) is 6.07 Å². The predicted molar refractivity (Wildman–Crippen MR) is 115 cm³/mol. The lowest BCUT2D eigenvalue weighted by Crippen LogP contribution is -2.54. The fraction of sp³-hybridized carbons (Fsp3) is 0.409. The number of amides is 2. The molecule has 1 saturated heterocycles. The molecule has 1 atom stereocenters. The summed E-state index contributed by atoms with van der Waals surface area (Å²) in [5.74, 6) is -0.101. The predicted octanol–water partition coefficient (Wildman–Crippen LogP) is 3.44. The van der Waals surface area contributed by atoms with Crippen LogP contribution in [0.15, 0.2) is 29.1 Å². The summed E-state index contributed by atoms with van der Waals surface area (Å²) in [4.78, 5) is 27.1. The highest BCUT2D eigenvalue weighted by Crippen LogP contribution is 2.39. The van der Waals surface area contributed by atoms with Gasteiger partial charge in [-0.05, 0) is 42.9 Å². The molecule has 31 heavy (non-hydrogen) atoms. The third kappa shape index (κ3) is 4.81. The molecule has 0 bridgehead atoms. The zero-order chi connectivity index (χ0) is 21.8. The Balaban J connectivity index is 1.34. The van der Waals surface area contributed by atoms with Crippen molar-refractivity contribution in [2.75, 3.05) is 32.1 Å². The number of nitrogens with one attached hydrogen (secondary N) is 1. The number of nitrogens with zero attached hydrogens (tertiary/aromatic N) is 2. The third-order valence-corrected chi connectivity index (χ3v) is 6.74. The number of anilines is 1. The van der Waals surface area contributed by atoms with Gasteiger partial charge in [-0.25, -0.2) is 4.79 Å². The van der Waals surface area contributed by atoms with Crippen LogP contribution in [0.3, 0.4) is 0 Å². The monoisotopic (exact) mass is 441 g/mol. The number of fused-ring (bicyclic) bond motifs is 1. The Morgan fingerprint density at radius 3 is 3.00 bits per heavy atom. The van der Waals surface area contributed by atoms with Crippen LogP contribution in [-0.2, 0) is 27.1 Å². The highest BCUT2D eigenvalue weighted by Gasteiger charge is 2.33. The van der Waals surface area contributed by atoms with Crippen LogP contribution in [0.25, 0.3) is 6.08 Å². The number of hydrogen-bond acceptors (Lipinski definition) is 7. The summed E-state index contributed by atoms with van der Waals surface area (Å²) in [5.41, 5.74) is 2.32. The first-order chi connectivity index (χ1) is 15.1. The molecular formula is C22H23N3O5S. The molecule has 0 radical (unpaired) electrons. The quantitative estimate of drug-likeness (QED) is 0.689. The van der Waals surface area contributed by atoms with Crippen LogP contribution in [0.1, 0.15) is 28.0 Å². The van der Waals surface area contributed by atoms with Crippen LogP contribution in [0, 0.1) is 17.2 Å². The zero-order valence-electron chi connectivity index (χ0n) is 17.1. The molecule has 2 aromatic heterocycles. The lowest BCUT2D eigenvalue weighted by Gasteiger charge is -2.37. The Kier molecular flexibility index (Phi) is 6.39. The van der Waals surface area contributed by atoms with Gasteiger partial charge in [-0.2, -0.15) is 5.26 Å². The number of hydrogen-bond donors (Lipinski definition) is 1. The van der Waals surface area contributed by atoms with Crippen LogP contribution in [-0.4, -0.2) is 49.8 Å². The third-order valence-electron chi connectivity index (χ3n) is 5.57. The number of carbonyl (C=O) groups is 2. The molecule has 3 heterocycles. The largest absolute Gasteiger partial charge is 0.472 e. The van der Waals surface area contributed by atoms with E-state index in [-0.39, 0.29) is 24.0 Å². The minimum Gasteiger partial charge on any atom is -0.472 e. The highest BCUT2D eigenvalue weighted by atomic mass is 32.1. The maximum absolute atomic E-state index is 12.3. The van der Waals surface area contributed by atoms with Gasteiger partial charge in [-0.3, -0.25) is 4.79 Å².